The van der Waals surface area contributed by atoms with E-state index in [2.05, 4.69) is 16.8 Å². The Morgan fingerprint density at radius 1 is 1.20 bits per heavy atom. The molecule has 10 heavy (non-hydrogen) atoms. The van der Waals surface area contributed by atoms with Gasteiger partial charge in [0.25, 0.3) is 0 Å². The van der Waals surface area contributed by atoms with Gasteiger partial charge in [0.05, 0.1) is 0 Å². The molecule has 1 aliphatic rings. The van der Waals surface area contributed by atoms with Gasteiger partial charge in [-0.15, -0.1) is 11.6 Å². The Morgan fingerprint density at radius 2 is 1.80 bits per heavy atom. The van der Waals surface area contributed by atoms with Gasteiger partial charge in [-0.05, 0) is 7.05 Å². The van der Waals surface area contributed by atoms with Crippen LogP contribution in [0.1, 0.15) is 0 Å². The van der Waals surface area contributed by atoms with E-state index in [1.165, 1.54) is 26.2 Å². The lowest BCUT2D eigenvalue weighted by Crippen LogP contribution is -2.44. The van der Waals surface area contributed by atoms with Gasteiger partial charge in [-0.25, -0.2) is 0 Å². The summed E-state index contributed by atoms with van der Waals surface area (Å²) in [4.78, 5) is 4.76. The van der Waals surface area contributed by atoms with Crippen molar-refractivity contribution in [2.45, 2.75) is 0 Å². The van der Waals surface area contributed by atoms with Gasteiger partial charge in [-0.3, -0.25) is 4.90 Å². The Morgan fingerprint density at radius 3 is 2.30 bits per heavy atom. The monoisotopic (exact) mass is 162 g/mol. The van der Waals surface area contributed by atoms with Crippen LogP contribution in [0.3, 0.4) is 0 Å². The average Bonchev–Trinajstić information content (AvgIpc) is 1.95. The molecule has 0 spiro atoms. The zero-order valence-electron chi connectivity index (χ0n) is 6.52. The largest absolute Gasteiger partial charge is 0.304 e. The molecule has 1 aliphatic heterocycles. The molecule has 1 heterocycles. The fourth-order valence-corrected chi connectivity index (χ4v) is 1.43. The summed E-state index contributed by atoms with van der Waals surface area (Å²) in [6, 6.07) is 0. The van der Waals surface area contributed by atoms with Crippen LogP contribution in [0.4, 0.5) is 0 Å². The first-order valence-electron chi connectivity index (χ1n) is 3.80. The molecule has 1 rings (SSSR count). The van der Waals surface area contributed by atoms with Crippen molar-refractivity contribution >= 4 is 11.6 Å². The topological polar surface area (TPSA) is 6.48 Å². The predicted molar refractivity (Wildman–Crippen MR) is 44.7 cm³/mol. The molecular weight excluding hydrogens is 148 g/mol. The van der Waals surface area contributed by atoms with Crippen LogP contribution >= 0.6 is 11.6 Å². The van der Waals surface area contributed by atoms with Gasteiger partial charge in [-0.2, -0.15) is 0 Å². The van der Waals surface area contributed by atoms with E-state index in [-0.39, 0.29) is 0 Å². The van der Waals surface area contributed by atoms with Crippen LogP contribution in [-0.2, 0) is 0 Å². The van der Waals surface area contributed by atoms with Gasteiger partial charge >= 0.3 is 0 Å². The summed E-state index contributed by atoms with van der Waals surface area (Å²) in [5.41, 5.74) is 0. The Labute approximate surface area is 67.7 Å². The number of halogens is 1. The van der Waals surface area contributed by atoms with Crippen LogP contribution in [0.15, 0.2) is 0 Å². The number of piperazine rings is 1. The van der Waals surface area contributed by atoms with Gasteiger partial charge in [-0.1, -0.05) is 0 Å². The van der Waals surface area contributed by atoms with Gasteiger partial charge in [0.15, 0.2) is 0 Å². The molecule has 2 nitrogen and oxygen atoms in total. The third kappa shape index (κ3) is 2.45. The van der Waals surface area contributed by atoms with Gasteiger partial charge in [0.2, 0.25) is 0 Å². The van der Waals surface area contributed by atoms with Crippen LogP contribution < -0.4 is 0 Å². The SMILES string of the molecule is CN1CCN(CCCl)CC1. The normalized spacial score (nSPS) is 23.4. The molecule has 0 amide bonds. The molecule has 0 saturated carbocycles. The van der Waals surface area contributed by atoms with E-state index in [4.69, 9.17) is 11.6 Å². The molecule has 0 atom stereocenters. The molecule has 0 unspecified atom stereocenters. The third-order valence-electron chi connectivity index (χ3n) is 2.00. The number of hydrogen-bond acceptors (Lipinski definition) is 2. The van der Waals surface area contributed by atoms with E-state index >= 15 is 0 Å². The van der Waals surface area contributed by atoms with E-state index in [0.29, 0.717) is 0 Å². The van der Waals surface area contributed by atoms with E-state index in [0.717, 1.165) is 12.4 Å². The molecular formula is C7H15ClN2. The number of hydrogen-bond donors (Lipinski definition) is 0. The van der Waals surface area contributed by atoms with Gasteiger partial charge < -0.3 is 4.90 Å². The first-order valence-corrected chi connectivity index (χ1v) is 4.33. The van der Waals surface area contributed by atoms with Crippen molar-refractivity contribution in [2.24, 2.45) is 0 Å². The van der Waals surface area contributed by atoms with Crippen LogP contribution in [0.25, 0.3) is 0 Å². The Hall–Kier alpha value is 0.210. The highest BCUT2D eigenvalue weighted by atomic mass is 35.5. The summed E-state index contributed by atoms with van der Waals surface area (Å²) in [6.07, 6.45) is 0. The maximum absolute atomic E-state index is 5.62. The lowest BCUT2D eigenvalue weighted by atomic mass is 10.3. The second-order valence-corrected chi connectivity index (χ2v) is 3.21. The second-order valence-electron chi connectivity index (χ2n) is 2.83. The molecule has 0 N–H and O–H groups in total. The minimum absolute atomic E-state index is 0.768. The van der Waals surface area contributed by atoms with Crippen molar-refractivity contribution in [2.75, 3.05) is 45.7 Å². The summed E-state index contributed by atoms with van der Waals surface area (Å²) in [6.45, 7) is 5.80. The first-order chi connectivity index (χ1) is 4.83. The minimum Gasteiger partial charge on any atom is -0.304 e. The van der Waals surface area contributed by atoms with Crippen LogP contribution in [-0.4, -0.2) is 55.5 Å². The average molecular weight is 163 g/mol. The highest BCUT2D eigenvalue weighted by Crippen LogP contribution is 1.98. The van der Waals surface area contributed by atoms with Crippen molar-refractivity contribution in [3.8, 4) is 0 Å². The van der Waals surface area contributed by atoms with E-state index in [1.54, 1.807) is 0 Å². The smallest absolute Gasteiger partial charge is 0.0351 e. The highest BCUT2D eigenvalue weighted by molar-refractivity contribution is 6.18. The predicted octanol–water partition coefficient (Wildman–Crippen LogP) is 0.473. The lowest BCUT2D eigenvalue weighted by Gasteiger charge is -2.31. The van der Waals surface area contributed by atoms with Crippen molar-refractivity contribution in [1.82, 2.24) is 9.80 Å². The molecule has 1 saturated heterocycles. The summed E-state index contributed by atoms with van der Waals surface area (Å²) in [5.74, 6) is 0.768. The fourth-order valence-electron chi connectivity index (χ4n) is 1.19. The maximum atomic E-state index is 5.62. The van der Waals surface area contributed by atoms with Gasteiger partial charge in [0, 0.05) is 38.6 Å². The minimum atomic E-state index is 0.768. The quantitative estimate of drug-likeness (QED) is 0.545. The Bertz CT molecular complexity index is 89.6. The molecule has 3 heteroatoms. The molecule has 0 aromatic rings. The lowest BCUT2D eigenvalue weighted by molar-refractivity contribution is 0.161. The van der Waals surface area contributed by atoms with Gasteiger partial charge in [0.1, 0.15) is 0 Å². The van der Waals surface area contributed by atoms with Crippen molar-refractivity contribution < 1.29 is 0 Å². The number of alkyl halides is 1. The summed E-state index contributed by atoms with van der Waals surface area (Å²) in [7, 11) is 2.16. The molecule has 60 valence electrons. The number of likely N-dealkylation sites (N-methyl/N-ethyl adjacent to an activating group) is 1. The zero-order valence-corrected chi connectivity index (χ0v) is 7.27. The van der Waals surface area contributed by atoms with Crippen LogP contribution in [0.5, 0.6) is 0 Å². The molecule has 0 aromatic heterocycles. The summed E-state index contributed by atoms with van der Waals surface area (Å²) < 4.78 is 0. The Balaban J connectivity index is 2.13. The summed E-state index contributed by atoms with van der Waals surface area (Å²) in [5, 5.41) is 0. The van der Waals surface area contributed by atoms with Crippen LogP contribution in [0.2, 0.25) is 0 Å². The van der Waals surface area contributed by atoms with Crippen molar-refractivity contribution in [1.29, 1.82) is 0 Å². The molecule has 0 radical (unpaired) electrons. The Kier molecular flexibility index (Phi) is 3.46. The van der Waals surface area contributed by atoms with E-state index in [1.807, 2.05) is 0 Å². The number of nitrogens with zero attached hydrogens (tertiary/aromatic N) is 2. The fraction of sp³-hybridized carbons (Fsp3) is 1.00. The maximum Gasteiger partial charge on any atom is 0.0351 e. The van der Waals surface area contributed by atoms with E-state index in [9.17, 15) is 0 Å². The van der Waals surface area contributed by atoms with Crippen LogP contribution in [0, 0.1) is 0 Å². The molecule has 0 aromatic carbocycles. The third-order valence-corrected chi connectivity index (χ3v) is 2.17. The van der Waals surface area contributed by atoms with Crippen molar-refractivity contribution in [3.05, 3.63) is 0 Å². The van der Waals surface area contributed by atoms with E-state index < -0.39 is 0 Å². The highest BCUT2D eigenvalue weighted by Gasteiger charge is 2.11. The standard InChI is InChI=1S/C7H15ClN2/c1-9-4-6-10(3-2-8)7-5-9/h2-7H2,1H3. The van der Waals surface area contributed by atoms with Crippen molar-refractivity contribution in [3.63, 3.8) is 0 Å². The second kappa shape index (κ2) is 4.16. The first kappa shape index (κ1) is 8.31. The molecule has 0 aliphatic carbocycles. The summed E-state index contributed by atoms with van der Waals surface area (Å²) >= 11 is 5.62. The molecule has 1 fully saturated rings. The number of rotatable bonds is 2. The zero-order chi connectivity index (χ0) is 7.40. The molecule has 0 bridgehead atoms.